The molecule has 3 fully saturated rings. The molecule has 0 aromatic heterocycles. The third-order valence-corrected chi connectivity index (χ3v) is 4.96. The van der Waals surface area contributed by atoms with Gasteiger partial charge in [0.05, 0.1) is 6.04 Å². The zero-order valence-electron chi connectivity index (χ0n) is 10.2. The van der Waals surface area contributed by atoms with Crippen LogP contribution in [0.5, 0.6) is 0 Å². The summed E-state index contributed by atoms with van der Waals surface area (Å²) in [6.45, 7) is 1.19. The van der Waals surface area contributed by atoms with Gasteiger partial charge in [0.25, 0.3) is 0 Å². The van der Waals surface area contributed by atoms with Crippen LogP contribution in [0, 0.1) is 5.92 Å². The Bertz CT molecular complexity index is 276. The van der Waals surface area contributed by atoms with Crippen molar-refractivity contribution in [3.8, 4) is 0 Å². The highest BCUT2D eigenvalue weighted by molar-refractivity contribution is 5.84. The van der Waals surface area contributed by atoms with E-state index in [1.54, 1.807) is 0 Å². The van der Waals surface area contributed by atoms with E-state index in [9.17, 15) is 4.79 Å². The van der Waals surface area contributed by atoms with E-state index in [1.165, 1.54) is 45.1 Å². The Labute approximate surface area is 98.4 Å². The molecule has 2 heteroatoms. The average molecular weight is 221 g/mol. The van der Waals surface area contributed by atoms with Crippen LogP contribution in [0.1, 0.15) is 57.8 Å². The fourth-order valence-electron chi connectivity index (χ4n) is 4.19. The zero-order valence-corrected chi connectivity index (χ0v) is 10.2. The summed E-state index contributed by atoms with van der Waals surface area (Å²) >= 11 is 0. The maximum absolute atomic E-state index is 12.0. The summed E-state index contributed by atoms with van der Waals surface area (Å²) in [5.74, 6) is 1.46. The second-order valence-electron chi connectivity index (χ2n) is 5.87. The minimum absolute atomic E-state index is 0.305. The van der Waals surface area contributed by atoms with Crippen molar-refractivity contribution in [3.63, 3.8) is 0 Å². The Hall–Kier alpha value is -0.370. The number of Topliss-reactive ketones (excluding diaryl/α,β-unsaturated/α-hetero) is 1. The first-order valence-electron chi connectivity index (χ1n) is 7.15. The maximum Gasteiger partial charge on any atom is 0.149 e. The molecule has 0 spiro atoms. The smallest absolute Gasteiger partial charge is 0.149 e. The second kappa shape index (κ2) is 4.48. The van der Waals surface area contributed by atoms with Crippen LogP contribution in [-0.2, 0) is 4.79 Å². The maximum atomic E-state index is 12.0. The standard InChI is InChI=1S/C14H23NO/c16-14-9-2-1-7-13(14)15-10-4-6-11-5-3-8-12(11)15/h11-13H,1-10H2. The molecule has 3 unspecified atom stereocenters. The van der Waals surface area contributed by atoms with Crippen LogP contribution in [0.25, 0.3) is 0 Å². The third-order valence-electron chi connectivity index (χ3n) is 4.96. The van der Waals surface area contributed by atoms with E-state index in [0.717, 1.165) is 31.2 Å². The molecule has 1 saturated heterocycles. The summed E-state index contributed by atoms with van der Waals surface area (Å²) in [6.07, 6.45) is 11.3. The van der Waals surface area contributed by atoms with Crippen molar-refractivity contribution in [2.45, 2.75) is 69.9 Å². The summed E-state index contributed by atoms with van der Waals surface area (Å²) < 4.78 is 0. The first-order chi connectivity index (χ1) is 7.86. The molecule has 0 aromatic carbocycles. The molecule has 3 atom stereocenters. The van der Waals surface area contributed by atoms with Crippen molar-refractivity contribution in [1.82, 2.24) is 4.90 Å². The number of fused-ring (bicyclic) bond motifs is 1. The lowest BCUT2D eigenvalue weighted by molar-refractivity contribution is -0.128. The van der Waals surface area contributed by atoms with E-state index in [1.807, 2.05) is 0 Å². The van der Waals surface area contributed by atoms with Crippen LogP contribution in [0.15, 0.2) is 0 Å². The lowest BCUT2D eigenvalue weighted by atomic mass is 9.86. The molecule has 2 aliphatic carbocycles. The van der Waals surface area contributed by atoms with Crippen LogP contribution in [-0.4, -0.2) is 29.3 Å². The monoisotopic (exact) mass is 221 g/mol. The minimum atomic E-state index is 0.305. The van der Waals surface area contributed by atoms with E-state index in [4.69, 9.17) is 0 Å². The van der Waals surface area contributed by atoms with E-state index >= 15 is 0 Å². The van der Waals surface area contributed by atoms with E-state index in [0.29, 0.717) is 11.8 Å². The van der Waals surface area contributed by atoms with Gasteiger partial charge in [0.1, 0.15) is 5.78 Å². The highest BCUT2D eigenvalue weighted by Crippen LogP contribution is 2.39. The van der Waals surface area contributed by atoms with Crippen molar-refractivity contribution in [2.75, 3.05) is 6.54 Å². The lowest BCUT2D eigenvalue weighted by Crippen LogP contribution is -2.52. The minimum Gasteiger partial charge on any atom is -0.298 e. The predicted molar refractivity (Wildman–Crippen MR) is 64.3 cm³/mol. The van der Waals surface area contributed by atoms with Gasteiger partial charge < -0.3 is 0 Å². The van der Waals surface area contributed by atoms with Gasteiger partial charge in [0.2, 0.25) is 0 Å². The first kappa shape index (κ1) is 10.8. The highest BCUT2D eigenvalue weighted by Gasteiger charge is 2.40. The lowest BCUT2D eigenvalue weighted by Gasteiger charge is -2.43. The van der Waals surface area contributed by atoms with Crippen molar-refractivity contribution in [3.05, 3.63) is 0 Å². The quantitative estimate of drug-likeness (QED) is 0.678. The molecule has 3 aliphatic rings. The molecule has 0 N–H and O–H groups in total. The van der Waals surface area contributed by atoms with Crippen LogP contribution in [0.3, 0.4) is 0 Å². The van der Waals surface area contributed by atoms with Crippen molar-refractivity contribution in [2.24, 2.45) is 5.92 Å². The van der Waals surface area contributed by atoms with E-state index < -0.39 is 0 Å². The van der Waals surface area contributed by atoms with Gasteiger partial charge in [0.15, 0.2) is 0 Å². The molecule has 2 nitrogen and oxygen atoms in total. The van der Waals surface area contributed by atoms with Gasteiger partial charge in [-0.3, -0.25) is 9.69 Å². The normalized spacial score (nSPS) is 41.0. The van der Waals surface area contributed by atoms with Crippen LogP contribution >= 0.6 is 0 Å². The molecule has 1 heterocycles. The summed E-state index contributed by atoms with van der Waals surface area (Å²) in [7, 11) is 0. The van der Waals surface area contributed by atoms with Crippen LogP contribution in [0.2, 0.25) is 0 Å². The van der Waals surface area contributed by atoms with Crippen LogP contribution in [0.4, 0.5) is 0 Å². The van der Waals surface area contributed by atoms with Gasteiger partial charge in [-0.05, 0) is 51.0 Å². The number of hydrogen-bond donors (Lipinski definition) is 0. The van der Waals surface area contributed by atoms with Gasteiger partial charge in [-0.1, -0.05) is 12.8 Å². The Morgan fingerprint density at radius 2 is 1.81 bits per heavy atom. The molecule has 2 saturated carbocycles. The SMILES string of the molecule is O=C1CCCCC1N1CCCC2CCCC21. The Morgan fingerprint density at radius 1 is 0.938 bits per heavy atom. The van der Waals surface area contributed by atoms with Gasteiger partial charge in [-0.25, -0.2) is 0 Å². The molecule has 0 aromatic rings. The largest absolute Gasteiger partial charge is 0.298 e. The number of hydrogen-bond acceptors (Lipinski definition) is 2. The number of likely N-dealkylation sites (tertiary alicyclic amines) is 1. The second-order valence-corrected chi connectivity index (χ2v) is 5.87. The molecule has 90 valence electrons. The summed E-state index contributed by atoms with van der Waals surface area (Å²) in [5.41, 5.74) is 0. The fourth-order valence-corrected chi connectivity index (χ4v) is 4.19. The van der Waals surface area contributed by atoms with Gasteiger partial charge in [0, 0.05) is 12.5 Å². The fraction of sp³-hybridized carbons (Fsp3) is 0.929. The Balaban J connectivity index is 1.74. The number of nitrogens with zero attached hydrogens (tertiary/aromatic N) is 1. The summed E-state index contributed by atoms with van der Waals surface area (Å²) in [5, 5.41) is 0. The number of piperidine rings is 1. The van der Waals surface area contributed by atoms with Gasteiger partial charge >= 0.3 is 0 Å². The third kappa shape index (κ3) is 1.81. The highest BCUT2D eigenvalue weighted by atomic mass is 16.1. The molecule has 0 bridgehead atoms. The number of carbonyl (C=O) groups excluding carboxylic acids is 1. The van der Waals surface area contributed by atoms with Gasteiger partial charge in [-0.2, -0.15) is 0 Å². The molecule has 1 aliphatic heterocycles. The summed E-state index contributed by atoms with van der Waals surface area (Å²) in [4.78, 5) is 14.6. The first-order valence-corrected chi connectivity index (χ1v) is 7.15. The van der Waals surface area contributed by atoms with Crippen molar-refractivity contribution >= 4 is 5.78 Å². The molecule has 0 radical (unpaired) electrons. The number of rotatable bonds is 1. The molecule has 3 rings (SSSR count). The van der Waals surface area contributed by atoms with Crippen molar-refractivity contribution < 1.29 is 4.79 Å². The van der Waals surface area contributed by atoms with Crippen molar-refractivity contribution in [1.29, 1.82) is 0 Å². The topological polar surface area (TPSA) is 20.3 Å². The molecular weight excluding hydrogens is 198 g/mol. The number of carbonyl (C=O) groups is 1. The molecule has 16 heavy (non-hydrogen) atoms. The number of ketones is 1. The van der Waals surface area contributed by atoms with Gasteiger partial charge in [-0.15, -0.1) is 0 Å². The van der Waals surface area contributed by atoms with E-state index in [2.05, 4.69) is 4.90 Å². The predicted octanol–water partition coefficient (Wildman–Crippen LogP) is 2.76. The van der Waals surface area contributed by atoms with E-state index in [-0.39, 0.29) is 0 Å². The molecular formula is C14H23NO. The molecule has 0 amide bonds. The van der Waals surface area contributed by atoms with Crippen LogP contribution < -0.4 is 0 Å². The average Bonchev–Trinajstić information content (AvgIpc) is 2.77. The summed E-state index contributed by atoms with van der Waals surface area (Å²) in [6, 6.07) is 1.07. The zero-order chi connectivity index (χ0) is 11.0. The Kier molecular flexibility index (Phi) is 3.01. The Morgan fingerprint density at radius 3 is 2.69 bits per heavy atom.